The minimum Gasteiger partial charge on any atom is -0.338 e. The lowest BCUT2D eigenvalue weighted by Crippen LogP contribution is -2.39. The largest absolute Gasteiger partial charge is 0.338 e. The Bertz CT molecular complexity index is 408. The average molecular weight is 250 g/mol. The van der Waals surface area contributed by atoms with Crippen LogP contribution in [0.1, 0.15) is 19.4 Å². The maximum atomic E-state index is 6.08. The van der Waals surface area contributed by atoms with Gasteiger partial charge in [0.1, 0.15) is 12.1 Å². The first-order valence-electron chi connectivity index (χ1n) is 6.47. The highest BCUT2D eigenvalue weighted by Crippen LogP contribution is 2.56. The number of quaternary nitrogens is 1. The van der Waals surface area contributed by atoms with E-state index < -0.39 is 5.79 Å². The molecule has 0 amide bonds. The number of hydrogen-bond donors (Lipinski definition) is 0. The number of hydrogen-bond acceptors (Lipinski definition) is 2. The zero-order chi connectivity index (χ0) is 13.4. The van der Waals surface area contributed by atoms with Crippen molar-refractivity contribution >= 4 is 0 Å². The zero-order valence-electron chi connectivity index (χ0n) is 12.1. The molecule has 18 heavy (non-hydrogen) atoms. The summed E-state index contributed by atoms with van der Waals surface area (Å²) in [4.78, 5) is 0. The van der Waals surface area contributed by atoms with E-state index in [9.17, 15) is 0 Å². The first-order valence-corrected chi connectivity index (χ1v) is 6.47. The molecule has 1 aromatic carbocycles. The molecule has 1 aliphatic heterocycles. The third-order valence-corrected chi connectivity index (χ3v) is 3.37. The monoisotopic (exact) mass is 250 g/mol. The lowest BCUT2D eigenvalue weighted by molar-refractivity contribution is -0.871. The molecular weight excluding hydrogens is 226 g/mol. The van der Waals surface area contributed by atoms with Crippen LogP contribution in [-0.4, -0.2) is 44.4 Å². The van der Waals surface area contributed by atoms with E-state index in [0.717, 1.165) is 16.6 Å². The van der Waals surface area contributed by atoms with Crippen LogP contribution in [0.25, 0.3) is 0 Å². The van der Waals surface area contributed by atoms with Crippen LogP contribution in [0, 0.1) is 0 Å². The summed E-state index contributed by atoms with van der Waals surface area (Å²) in [5, 5.41) is 0. The molecule has 1 atom stereocenters. The Balaban J connectivity index is 2.07. The van der Waals surface area contributed by atoms with Gasteiger partial charge in [-0.3, -0.25) is 0 Å². The van der Waals surface area contributed by atoms with Gasteiger partial charge in [0, 0.05) is 5.56 Å². The smallest absolute Gasteiger partial charge is 0.225 e. The predicted octanol–water partition coefficient (Wildman–Crippen LogP) is 2.37. The lowest BCUT2D eigenvalue weighted by atomic mass is 9.99. The molecule has 0 spiro atoms. The Labute approximate surface area is 110 Å². The normalized spacial score (nSPS) is 26.1. The van der Waals surface area contributed by atoms with E-state index in [1.54, 1.807) is 0 Å². The highest BCUT2D eigenvalue weighted by atomic mass is 16.8. The van der Waals surface area contributed by atoms with Gasteiger partial charge in [0.2, 0.25) is 5.79 Å². The fourth-order valence-corrected chi connectivity index (χ4v) is 2.15. The number of epoxide rings is 1. The molecule has 1 heterocycles. The van der Waals surface area contributed by atoms with Crippen LogP contribution in [0.5, 0.6) is 0 Å². The van der Waals surface area contributed by atoms with E-state index in [4.69, 9.17) is 9.47 Å². The Morgan fingerprint density at radius 1 is 1.11 bits per heavy atom. The molecule has 100 valence electrons. The van der Waals surface area contributed by atoms with Gasteiger partial charge in [-0.25, -0.2) is 0 Å². The van der Waals surface area contributed by atoms with Crippen LogP contribution in [0.3, 0.4) is 0 Å². The average Bonchev–Trinajstić information content (AvgIpc) is 2.81. The predicted molar refractivity (Wildman–Crippen MR) is 72.1 cm³/mol. The third-order valence-electron chi connectivity index (χ3n) is 3.37. The standard InChI is InChI=1S/C15H24NO2/c1-14(2)15(18-14,13-9-7-6-8-10-13)17-12-11-16(3,4)5/h6-10H,11-12H2,1-5H3/q+1/t15-/m1/s1. The number of benzene rings is 1. The molecule has 0 bridgehead atoms. The Morgan fingerprint density at radius 2 is 1.67 bits per heavy atom. The maximum Gasteiger partial charge on any atom is 0.225 e. The second kappa shape index (κ2) is 4.34. The molecule has 1 aliphatic rings. The molecule has 1 fully saturated rings. The molecule has 0 aliphatic carbocycles. The van der Waals surface area contributed by atoms with Gasteiger partial charge in [0.25, 0.3) is 0 Å². The Kier molecular flexibility index (Phi) is 3.26. The highest BCUT2D eigenvalue weighted by molar-refractivity contribution is 5.29. The summed E-state index contributed by atoms with van der Waals surface area (Å²) in [5.74, 6) is -0.552. The molecule has 3 heteroatoms. The summed E-state index contributed by atoms with van der Waals surface area (Å²) >= 11 is 0. The van der Waals surface area contributed by atoms with Crippen LogP contribution in [0.15, 0.2) is 30.3 Å². The zero-order valence-corrected chi connectivity index (χ0v) is 12.1. The van der Waals surface area contributed by atoms with Crippen molar-refractivity contribution in [2.75, 3.05) is 34.3 Å². The SMILES string of the molecule is CC1(C)O[C@]1(OCC[N+](C)(C)C)c1ccccc1. The first-order chi connectivity index (χ1) is 8.27. The van der Waals surface area contributed by atoms with Gasteiger partial charge in [0.05, 0.1) is 27.7 Å². The topological polar surface area (TPSA) is 21.8 Å². The van der Waals surface area contributed by atoms with E-state index in [-0.39, 0.29) is 5.60 Å². The van der Waals surface area contributed by atoms with E-state index in [0.29, 0.717) is 6.61 Å². The van der Waals surface area contributed by atoms with Crippen molar-refractivity contribution in [3.8, 4) is 0 Å². The second-order valence-corrected chi connectivity index (χ2v) is 6.46. The summed E-state index contributed by atoms with van der Waals surface area (Å²) in [6, 6.07) is 10.2. The second-order valence-electron chi connectivity index (χ2n) is 6.46. The van der Waals surface area contributed by atoms with Gasteiger partial charge in [-0.05, 0) is 13.8 Å². The minimum absolute atomic E-state index is 0.237. The molecule has 0 aromatic heterocycles. The third kappa shape index (κ3) is 2.58. The van der Waals surface area contributed by atoms with E-state index >= 15 is 0 Å². The number of rotatable bonds is 5. The van der Waals surface area contributed by atoms with E-state index in [2.05, 4.69) is 47.1 Å². The van der Waals surface area contributed by atoms with Crippen molar-refractivity contribution in [3.05, 3.63) is 35.9 Å². The van der Waals surface area contributed by atoms with Crippen molar-refractivity contribution in [2.24, 2.45) is 0 Å². The van der Waals surface area contributed by atoms with Crippen LogP contribution >= 0.6 is 0 Å². The summed E-state index contributed by atoms with van der Waals surface area (Å²) in [5.41, 5.74) is 0.871. The molecule has 1 aromatic rings. The quantitative estimate of drug-likeness (QED) is 0.591. The molecule has 0 N–H and O–H groups in total. The van der Waals surface area contributed by atoms with Crippen LogP contribution < -0.4 is 0 Å². The van der Waals surface area contributed by atoms with Crippen LogP contribution in [-0.2, 0) is 15.3 Å². The molecular formula is C15H24NO2+. The fraction of sp³-hybridized carbons (Fsp3) is 0.600. The summed E-state index contributed by atoms with van der Waals surface area (Å²) in [7, 11) is 6.49. The lowest BCUT2D eigenvalue weighted by Gasteiger charge is -2.25. The number of nitrogens with zero attached hydrogens (tertiary/aromatic N) is 1. The van der Waals surface area contributed by atoms with Crippen molar-refractivity contribution in [1.82, 2.24) is 0 Å². The summed E-state index contributed by atoms with van der Waals surface area (Å²) in [6.07, 6.45) is 0. The van der Waals surface area contributed by atoms with Gasteiger partial charge in [0.15, 0.2) is 0 Å². The van der Waals surface area contributed by atoms with Gasteiger partial charge in [-0.15, -0.1) is 0 Å². The van der Waals surface area contributed by atoms with Crippen molar-refractivity contribution in [3.63, 3.8) is 0 Å². The highest BCUT2D eigenvalue weighted by Gasteiger charge is 2.66. The molecule has 3 nitrogen and oxygen atoms in total. The molecule has 0 unspecified atom stereocenters. The van der Waals surface area contributed by atoms with Gasteiger partial charge >= 0.3 is 0 Å². The van der Waals surface area contributed by atoms with Gasteiger partial charge < -0.3 is 14.0 Å². The summed E-state index contributed by atoms with van der Waals surface area (Å²) < 4.78 is 12.8. The van der Waals surface area contributed by atoms with Gasteiger partial charge in [-0.1, -0.05) is 30.3 Å². The molecule has 0 radical (unpaired) electrons. The Hall–Kier alpha value is -0.900. The summed E-state index contributed by atoms with van der Waals surface area (Å²) in [6.45, 7) is 5.81. The minimum atomic E-state index is -0.552. The van der Waals surface area contributed by atoms with E-state index in [1.807, 2.05) is 18.2 Å². The van der Waals surface area contributed by atoms with E-state index in [1.165, 1.54) is 0 Å². The van der Waals surface area contributed by atoms with Crippen molar-refractivity contribution < 1.29 is 14.0 Å². The van der Waals surface area contributed by atoms with Crippen LogP contribution in [0.2, 0.25) is 0 Å². The van der Waals surface area contributed by atoms with Crippen molar-refractivity contribution in [1.29, 1.82) is 0 Å². The van der Waals surface area contributed by atoms with Crippen LogP contribution in [0.4, 0.5) is 0 Å². The fourth-order valence-electron chi connectivity index (χ4n) is 2.15. The van der Waals surface area contributed by atoms with Crippen molar-refractivity contribution in [2.45, 2.75) is 25.2 Å². The number of ether oxygens (including phenoxy) is 2. The first kappa shape index (κ1) is 13.5. The molecule has 2 rings (SSSR count). The molecule has 1 saturated heterocycles. The molecule has 0 saturated carbocycles. The maximum absolute atomic E-state index is 6.08. The van der Waals surface area contributed by atoms with Gasteiger partial charge in [-0.2, -0.15) is 0 Å². The number of likely N-dealkylation sites (N-methyl/N-ethyl adjacent to an activating group) is 1. The Morgan fingerprint density at radius 3 is 2.11 bits per heavy atom.